The topological polar surface area (TPSA) is 84.0 Å². The lowest BCUT2D eigenvalue weighted by Crippen LogP contribution is -2.44. The number of methoxy groups -OCH3 is 7. The Labute approximate surface area is 312 Å². The molecular formula is C43H49N3O7. The second-order valence-electron chi connectivity index (χ2n) is 12.9. The summed E-state index contributed by atoms with van der Waals surface area (Å²) in [7, 11) is 11.5. The third-order valence-electron chi connectivity index (χ3n) is 9.87. The molecule has 278 valence electrons. The minimum absolute atomic E-state index is 0.358. The van der Waals surface area contributed by atoms with Gasteiger partial charge >= 0.3 is 0 Å². The second-order valence-corrected chi connectivity index (χ2v) is 12.9. The molecule has 0 bridgehead atoms. The van der Waals surface area contributed by atoms with E-state index in [1.54, 1.807) is 49.8 Å². The van der Waals surface area contributed by atoms with Gasteiger partial charge < -0.3 is 38.1 Å². The Bertz CT molecular complexity index is 1930. The van der Waals surface area contributed by atoms with Gasteiger partial charge in [-0.15, -0.1) is 0 Å². The van der Waals surface area contributed by atoms with Crippen molar-refractivity contribution in [2.75, 3.05) is 67.8 Å². The van der Waals surface area contributed by atoms with Crippen molar-refractivity contribution >= 4 is 5.69 Å². The molecule has 0 radical (unpaired) electrons. The largest absolute Gasteiger partial charge is 0.497 e. The molecule has 0 unspecified atom stereocenters. The number of aromatic nitrogens is 1. The predicted octanol–water partition coefficient (Wildman–Crippen LogP) is 8.15. The van der Waals surface area contributed by atoms with Crippen LogP contribution in [0.3, 0.4) is 0 Å². The van der Waals surface area contributed by atoms with Crippen molar-refractivity contribution < 1.29 is 33.2 Å². The summed E-state index contributed by atoms with van der Waals surface area (Å²) in [6.45, 7) is 3.55. The van der Waals surface area contributed by atoms with E-state index in [1.807, 2.05) is 42.6 Å². The van der Waals surface area contributed by atoms with Crippen molar-refractivity contribution in [2.24, 2.45) is 0 Å². The number of anilines is 1. The van der Waals surface area contributed by atoms with Gasteiger partial charge in [-0.25, -0.2) is 0 Å². The van der Waals surface area contributed by atoms with Crippen LogP contribution in [0.5, 0.6) is 40.2 Å². The number of rotatable bonds is 15. The summed E-state index contributed by atoms with van der Waals surface area (Å²) < 4.78 is 39.0. The van der Waals surface area contributed by atoms with Crippen LogP contribution in [-0.4, -0.2) is 78.8 Å². The molecule has 0 atom stereocenters. The maximum Gasteiger partial charge on any atom is 0.203 e. The number of ether oxygens (including phenoxy) is 7. The number of pyridine rings is 1. The zero-order valence-electron chi connectivity index (χ0n) is 31.7. The standard InChI is InChI=1S/C43H49N3O7/c1-47-36-13-11-34(12-14-36)46(28-29-9-8-10-31(21-29)32-23-38(48-2)42(52-6)39(24-32)49-3)35-16-19-45(20-17-35)27-30-15-18-44-37(22-30)33-25-40(50-4)43(53-7)41(26-33)51-5/h8-15,18,21-26,35H,16-17,19-20,27-28H2,1-7H3. The summed E-state index contributed by atoms with van der Waals surface area (Å²) in [5, 5.41) is 0. The Morgan fingerprint density at radius 3 is 1.72 bits per heavy atom. The van der Waals surface area contributed by atoms with E-state index in [0.717, 1.165) is 67.2 Å². The van der Waals surface area contributed by atoms with E-state index in [1.165, 1.54) is 16.8 Å². The van der Waals surface area contributed by atoms with Crippen molar-refractivity contribution in [3.05, 3.63) is 102 Å². The van der Waals surface area contributed by atoms with Gasteiger partial charge in [0.2, 0.25) is 11.5 Å². The lowest BCUT2D eigenvalue weighted by atomic mass is 9.98. The van der Waals surface area contributed by atoms with Gasteiger partial charge in [0, 0.05) is 49.7 Å². The number of hydrogen-bond donors (Lipinski definition) is 0. The zero-order chi connectivity index (χ0) is 37.3. The van der Waals surface area contributed by atoms with Crippen LogP contribution in [-0.2, 0) is 13.1 Å². The molecule has 6 rings (SSSR count). The van der Waals surface area contributed by atoms with E-state index >= 15 is 0 Å². The first kappa shape index (κ1) is 37.2. The Balaban J connectivity index is 1.20. The SMILES string of the molecule is COc1ccc(N(Cc2cccc(-c3cc(OC)c(OC)c(OC)c3)c2)C2CCN(Cc3ccnc(-c4cc(OC)c(OC)c(OC)c4)c3)CC2)cc1. The van der Waals surface area contributed by atoms with Gasteiger partial charge in [0.15, 0.2) is 23.0 Å². The van der Waals surface area contributed by atoms with Gasteiger partial charge in [-0.05, 0) is 102 Å². The van der Waals surface area contributed by atoms with Gasteiger partial charge in [-0.3, -0.25) is 9.88 Å². The quantitative estimate of drug-likeness (QED) is 0.106. The third-order valence-corrected chi connectivity index (χ3v) is 9.87. The molecule has 1 fully saturated rings. The second kappa shape index (κ2) is 17.3. The van der Waals surface area contributed by atoms with Crippen LogP contribution in [0.2, 0.25) is 0 Å². The molecule has 0 aliphatic carbocycles. The minimum atomic E-state index is 0.358. The summed E-state index contributed by atoms with van der Waals surface area (Å²) in [5.74, 6) is 4.45. The molecule has 1 aliphatic heterocycles. The third kappa shape index (κ3) is 8.39. The van der Waals surface area contributed by atoms with Crippen LogP contribution in [0.1, 0.15) is 24.0 Å². The van der Waals surface area contributed by atoms with E-state index in [0.29, 0.717) is 40.5 Å². The maximum absolute atomic E-state index is 5.64. The van der Waals surface area contributed by atoms with Gasteiger partial charge in [0.1, 0.15) is 5.75 Å². The molecule has 53 heavy (non-hydrogen) atoms. The van der Waals surface area contributed by atoms with Crippen molar-refractivity contribution in [1.82, 2.24) is 9.88 Å². The summed E-state index contributed by atoms with van der Waals surface area (Å²) >= 11 is 0. The van der Waals surface area contributed by atoms with E-state index in [-0.39, 0.29) is 0 Å². The van der Waals surface area contributed by atoms with E-state index in [2.05, 4.69) is 63.3 Å². The number of piperidine rings is 1. The number of nitrogens with zero attached hydrogens (tertiary/aromatic N) is 3. The lowest BCUT2D eigenvalue weighted by Gasteiger charge is -2.40. The highest BCUT2D eigenvalue weighted by molar-refractivity contribution is 5.72. The molecule has 0 spiro atoms. The smallest absolute Gasteiger partial charge is 0.203 e. The summed E-state index contributed by atoms with van der Waals surface area (Å²) in [6.07, 6.45) is 3.94. The fourth-order valence-corrected chi connectivity index (χ4v) is 7.11. The number of likely N-dealkylation sites (tertiary alicyclic amines) is 1. The predicted molar refractivity (Wildman–Crippen MR) is 208 cm³/mol. The Kier molecular flexibility index (Phi) is 12.1. The summed E-state index contributed by atoms with van der Waals surface area (Å²) in [6, 6.07) is 29.6. The maximum atomic E-state index is 5.64. The fraction of sp³-hybridized carbons (Fsp3) is 0.326. The van der Waals surface area contributed by atoms with E-state index < -0.39 is 0 Å². The molecule has 0 N–H and O–H groups in total. The molecule has 10 nitrogen and oxygen atoms in total. The Morgan fingerprint density at radius 2 is 1.17 bits per heavy atom. The molecular weight excluding hydrogens is 670 g/mol. The average Bonchev–Trinajstić information content (AvgIpc) is 3.22. The van der Waals surface area contributed by atoms with Gasteiger partial charge in [0.05, 0.1) is 55.5 Å². The number of benzene rings is 4. The van der Waals surface area contributed by atoms with Crippen LogP contribution in [0, 0.1) is 0 Å². The summed E-state index contributed by atoms with van der Waals surface area (Å²) in [4.78, 5) is 9.75. The van der Waals surface area contributed by atoms with Gasteiger partial charge in [0.25, 0.3) is 0 Å². The highest BCUT2D eigenvalue weighted by atomic mass is 16.5. The minimum Gasteiger partial charge on any atom is -0.497 e. The van der Waals surface area contributed by atoms with Crippen LogP contribution >= 0.6 is 0 Å². The lowest BCUT2D eigenvalue weighted by molar-refractivity contribution is 0.201. The molecule has 10 heteroatoms. The fourth-order valence-electron chi connectivity index (χ4n) is 7.11. The first-order valence-corrected chi connectivity index (χ1v) is 17.7. The summed E-state index contributed by atoms with van der Waals surface area (Å²) in [5.41, 5.74) is 7.43. The highest BCUT2D eigenvalue weighted by Crippen LogP contribution is 2.42. The van der Waals surface area contributed by atoms with E-state index in [9.17, 15) is 0 Å². The van der Waals surface area contributed by atoms with Crippen molar-refractivity contribution in [2.45, 2.75) is 32.0 Å². The van der Waals surface area contributed by atoms with Crippen LogP contribution in [0.4, 0.5) is 5.69 Å². The monoisotopic (exact) mass is 719 g/mol. The highest BCUT2D eigenvalue weighted by Gasteiger charge is 2.26. The molecule has 1 aliphatic rings. The van der Waals surface area contributed by atoms with Crippen LogP contribution in [0.25, 0.3) is 22.4 Å². The molecule has 4 aromatic carbocycles. The zero-order valence-corrected chi connectivity index (χ0v) is 31.7. The van der Waals surface area contributed by atoms with Crippen molar-refractivity contribution in [1.29, 1.82) is 0 Å². The normalized spacial score (nSPS) is 13.3. The molecule has 5 aromatic rings. The Morgan fingerprint density at radius 1 is 0.585 bits per heavy atom. The van der Waals surface area contributed by atoms with Crippen LogP contribution in [0.15, 0.2) is 91.1 Å². The molecule has 2 heterocycles. The first-order valence-electron chi connectivity index (χ1n) is 17.7. The first-order chi connectivity index (χ1) is 25.9. The van der Waals surface area contributed by atoms with Gasteiger partial charge in [-0.2, -0.15) is 0 Å². The molecule has 1 saturated heterocycles. The van der Waals surface area contributed by atoms with Crippen LogP contribution < -0.4 is 38.1 Å². The molecule has 0 saturated carbocycles. The Hall–Kier alpha value is -5.61. The molecule has 1 aromatic heterocycles. The van der Waals surface area contributed by atoms with Gasteiger partial charge in [-0.1, -0.05) is 18.2 Å². The average molecular weight is 720 g/mol. The van der Waals surface area contributed by atoms with Crippen molar-refractivity contribution in [3.8, 4) is 62.6 Å². The molecule has 0 amide bonds. The van der Waals surface area contributed by atoms with Crippen molar-refractivity contribution in [3.63, 3.8) is 0 Å². The number of hydrogen-bond acceptors (Lipinski definition) is 10. The van der Waals surface area contributed by atoms with E-state index in [4.69, 9.17) is 33.2 Å².